The standard InChI is InChI=1S/C35H38N4O2/c1-22-16-23(2)28(24(3)17-22)21-31(36)35(41)39-32-14-15-37-33-29(32)19-26(18-25-10-6-4-7-11-25)20-30(33)34(40)38-27-12-8-5-9-13-27/h4-13,16-17,19-20,31-32,37H,14-15,18,21,36H2,1-3H3,(H,38,40)(H,39,41). The molecule has 0 aromatic heterocycles. The van der Waals surface area contributed by atoms with Gasteiger partial charge in [0.05, 0.1) is 23.3 Å². The molecule has 0 spiro atoms. The van der Waals surface area contributed by atoms with Gasteiger partial charge in [-0.1, -0.05) is 72.3 Å². The molecule has 6 nitrogen and oxygen atoms in total. The molecule has 6 heteroatoms. The fraction of sp³-hybridized carbons (Fsp3) is 0.257. The van der Waals surface area contributed by atoms with E-state index in [0.29, 0.717) is 31.4 Å². The van der Waals surface area contributed by atoms with Crippen molar-refractivity contribution >= 4 is 23.2 Å². The van der Waals surface area contributed by atoms with E-state index in [1.807, 2.05) is 54.6 Å². The van der Waals surface area contributed by atoms with Gasteiger partial charge in [-0.25, -0.2) is 0 Å². The van der Waals surface area contributed by atoms with E-state index in [2.05, 4.69) is 67.1 Å². The first-order valence-electron chi connectivity index (χ1n) is 14.2. The Morgan fingerprint density at radius 2 is 1.56 bits per heavy atom. The first-order valence-corrected chi connectivity index (χ1v) is 14.2. The highest BCUT2D eigenvalue weighted by Gasteiger charge is 2.28. The molecule has 1 aliphatic heterocycles. The Kier molecular flexibility index (Phi) is 8.50. The monoisotopic (exact) mass is 546 g/mol. The van der Waals surface area contributed by atoms with Gasteiger partial charge in [-0.05, 0) is 91.6 Å². The van der Waals surface area contributed by atoms with E-state index in [0.717, 1.165) is 44.8 Å². The molecule has 210 valence electrons. The average Bonchev–Trinajstić information content (AvgIpc) is 2.95. The smallest absolute Gasteiger partial charge is 0.257 e. The van der Waals surface area contributed by atoms with E-state index in [-0.39, 0.29) is 17.9 Å². The fourth-order valence-corrected chi connectivity index (χ4v) is 5.80. The predicted molar refractivity (Wildman–Crippen MR) is 166 cm³/mol. The van der Waals surface area contributed by atoms with Gasteiger partial charge in [-0.15, -0.1) is 0 Å². The maximum atomic E-state index is 13.6. The average molecular weight is 547 g/mol. The van der Waals surface area contributed by atoms with Crippen LogP contribution in [0.15, 0.2) is 84.9 Å². The van der Waals surface area contributed by atoms with Crippen LogP contribution in [0, 0.1) is 20.8 Å². The van der Waals surface area contributed by atoms with Crippen molar-refractivity contribution in [3.05, 3.63) is 129 Å². The Balaban J connectivity index is 1.43. The number of fused-ring (bicyclic) bond motifs is 1. The number of amides is 2. The van der Waals surface area contributed by atoms with E-state index in [1.54, 1.807) is 0 Å². The second-order valence-electron chi connectivity index (χ2n) is 11.1. The number of nitrogens with one attached hydrogen (secondary N) is 3. The lowest BCUT2D eigenvalue weighted by molar-refractivity contribution is -0.123. The van der Waals surface area contributed by atoms with Crippen LogP contribution in [0.25, 0.3) is 0 Å². The van der Waals surface area contributed by atoms with Crippen molar-refractivity contribution in [2.75, 3.05) is 17.2 Å². The molecule has 5 N–H and O–H groups in total. The number of carbonyl (C=O) groups is 2. The summed E-state index contributed by atoms with van der Waals surface area (Å²) in [5.41, 5.74) is 16.2. The molecule has 4 aromatic carbocycles. The molecule has 41 heavy (non-hydrogen) atoms. The van der Waals surface area contributed by atoms with Crippen LogP contribution in [0.4, 0.5) is 11.4 Å². The van der Waals surface area contributed by atoms with Gasteiger partial charge in [0.15, 0.2) is 0 Å². The Labute approximate surface area is 242 Å². The number of para-hydroxylation sites is 1. The SMILES string of the molecule is Cc1cc(C)c(CC(N)C(=O)NC2CCNc3c(C(=O)Nc4ccccc4)cc(Cc4ccccc4)cc32)c(C)c1. The summed E-state index contributed by atoms with van der Waals surface area (Å²) in [6.07, 6.45) is 1.84. The quantitative estimate of drug-likeness (QED) is 0.218. The lowest BCUT2D eigenvalue weighted by Crippen LogP contribution is -2.45. The number of aryl methyl sites for hydroxylation is 3. The van der Waals surface area contributed by atoms with Crippen LogP contribution in [0.1, 0.15) is 61.8 Å². The third kappa shape index (κ3) is 6.67. The van der Waals surface area contributed by atoms with E-state index >= 15 is 0 Å². The van der Waals surface area contributed by atoms with E-state index in [4.69, 9.17) is 5.73 Å². The zero-order chi connectivity index (χ0) is 28.9. The molecule has 0 saturated carbocycles. The molecular weight excluding hydrogens is 508 g/mol. The summed E-state index contributed by atoms with van der Waals surface area (Å²) >= 11 is 0. The van der Waals surface area contributed by atoms with Crippen LogP contribution in [-0.4, -0.2) is 24.4 Å². The van der Waals surface area contributed by atoms with Gasteiger partial charge in [0.2, 0.25) is 5.91 Å². The lowest BCUT2D eigenvalue weighted by atomic mass is 9.89. The Morgan fingerprint density at radius 3 is 2.24 bits per heavy atom. The molecule has 1 heterocycles. The van der Waals surface area contributed by atoms with Crippen LogP contribution in [0.3, 0.4) is 0 Å². The zero-order valence-electron chi connectivity index (χ0n) is 24.0. The molecule has 4 aromatic rings. The van der Waals surface area contributed by atoms with Gasteiger partial charge in [-0.3, -0.25) is 9.59 Å². The Bertz CT molecular complexity index is 1530. The minimum absolute atomic E-state index is 0.189. The Morgan fingerprint density at radius 1 is 0.902 bits per heavy atom. The highest BCUT2D eigenvalue weighted by molar-refractivity contribution is 6.09. The normalized spacial score (nSPS) is 14.9. The van der Waals surface area contributed by atoms with Crippen molar-refractivity contribution in [2.24, 2.45) is 5.73 Å². The summed E-state index contributed by atoms with van der Waals surface area (Å²) < 4.78 is 0. The molecule has 5 rings (SSSR count). The number of carbonyl (C=O) groups excluding carboxylic acids is 2. The van der Waals surface area contributed by atoms with Gasteiger partial charge in [0.25, 0.3) is 5.91 Å². The maximum absolute atomic E-state index is 13.6. The maximum Gasteiger partial charge on any atom is 0.257 e. The molecular formula is C35H38N4O2. The summed E-state index contributed by atoms with van der Waals surface area (Å²) in [4.78, 5) is 27.0. The lowest BCUT2D eigenvalue weighted by Gasteiger charge is -2.31. The molecule has 0 saturated heterocycles. The largest absolute Gasteiger partial charge is 0.384 e. The van der Waals surface area contributed by atoms with Crippen LogP contribution >= 0.6 is 0 Å². The number of anilines is 2. The van der Waals surface area contributed by atoms with Crippen molar-refractivity contribution in [3.63, 3.8) is 0 Å². The number of nitrogens with two attached hydrogens (primary N) is 1. The molecule has 1 aliphatic rings. The zero-order valence-corrected chi connectivity index (χ0v) is 24.0. The van der Waals surface area contributed by atoms with Crippen molar-refractivity contribution in [1.82, 2.24) is 5.32 Å². The summed E-state index contributed by atoms with van der Waals surface area (Å²) in [5.74, 6) is -0.380. The predicted octanol–water partition coefficient (Wildman–Crippen LogP) is 6.00. The highest BCUT2D eigenvalue weighted by Crippen LogP contribution is 2.35. The number of benzene rings is 4. The summed E-state index contributed by atoms with van der Waals surface area (Å²) in [5, 5.41) is 9.68. The molecule has 0 fully saturated rings. The van der Waals surface area contributed by atoms with Crippen molar-refractivity contribution in [3.8, 4) is 0 Å². The number of hydrogen-bond acceptors (Lipinski definition) is 4. The van der Waals surface area contributed by atoms with Crippen LogP contribution in [0.2, 0.25) is 0 Å². The van der Waals surface area contributed by atoms with Crippen molar-refractivity contribution in [1.29, 1.82) is 0 Å². The minimum Gasteiger partial charge on any atom is -0.384 e. The van der Waals surface area contributed by atoms with Crippen molar-refractivity contribution in [2.45, 2.75) is 52.1 Å². The molecule has 0 radical (unpaired) electrons. The molecule has 0 bridgehead atoms. The fourth-order valence-electron chi connectivity index (χ4n) is 5.80. The number of hydrogen-bond donors (Lipinski definition) is 4. The summed E-state index contributed by atoms with van der Waals surface area (Å²) in [7, 11) is 0. The third-order valence-electron chi connectivity index (χ3n) is 7.78. The molecule has 0 aliphatic carbocycles. The van der Waals surface area contributed by atoms with Gasteiger partial charge in [0.1, 0.15) is 0 Å². The third-order valence-corrected chi connectivity index (χ3v) is 7.78. The highest BCUT2D eigenvalue weighted by atomic mass is 16.2. The van der Waals surface area contributed by atoms with Crippen molar-refractivity contribution < 1.29 is 9.59 Å². The second-order valence-corrected chi connectivity index (χ2v) is 11.1. The number of rotatable bonds is 8. The van der Waals surface area contributed by atoms with Gasteiger partial charge < -0.3 is 21.7 Å². The minimum atomic E-state index is -0.679. The molecule has 2 unspecified atom stereocenters. The molecule has 2 amide bonds. The summed E-state index contributed by atoms with van der Waals surface area (Å²) in [6.45, 7) is 6.84. The van der Waals surface area contributed by atoms with Crippen LogP contribution < -0.4 is 21.7 Å². The molecule has 2 atom stereocenters. The van der Waals surface area contributed by atoms with Gasteiger partial charge >= 0.3 is 0 Å². The van der Waals surface area contributed by atoms with E-state index < -0.39 is 6.04 Å². The topological polar surface area (TPSA) is 96.2 Å². The summed E-state index contributed by atoms with van der Waals surface area (Å²) in [6, 6.07) is 27.0. The van der Waals surface area contributed by atoms with Gasteiger partial charge in [-0.2, -0.15) is 0 Å². The van der Waals surface area contributed by atoms with Crippen LogP contribution in [0.5, 0.6) is 0 Å². The van der Waals surface area contributed by atoms with Crippen LogP contribution in [-0.2, 0) is 17.6 Å². The van der Waals surface area contributed by atoms with E-state index in [9.17, 15) is 9.59 Å². The Hall–Kier alpha value is -4.42. The van der Waals surface area contributed by atoms with Gasteiger partial charge in [0, 0.05) is 12.2 Å². The second kappa shape index (κ2) is 12.4. The first kappa shape index (κ1) is 28.1. The first-order chi connectivity index (χ1) is 19.8. The van der Waals surface area contributed by atoms with E-state index in [1.165, 1.54) is 5.56 Å².